The minimum atomic E-state index is -0.537. The summed E-state index contributed by atoms with van der Waals surface area (Å²) < 4.78 is 0.565. The van der Waals surface area contributed by atoms with Crippen LogP contribution in [0, 0.1) is 10.1 Å². The second kappa shape index (κ2) is 4.85. The fourth-order valence-corrected chi connectivity index (χ4v) is 1.27. The number of nitrogens with one attached hydrogen (secondary N) is 1. The van der Waals surface area contributed by atoms with Gasteiger partial charge in [-0.3, -0.25) is 14.9 Å². The van der Waals surface area contributed by atoms with Crippen LogP contribution in [-0.4, -0.2) is 17.4 Å². The molecule has 6 nitrogen and oxygen atoms in total. The van der Waals surface area contributed by atoms with Gasteiger partial charge in [-0.15, -0.1) is 0 Å². The van der Waals surface area contributed by atoms with Crippen LogP contribution in [0.1, 0.15) is 0 Å². The Morgan fingerprint density at radius 2 is 2.27 bits per heavy atom. The topological polar surface area (TPSA) is 98.3 Å². The monoisotopic (exact) mass is 273 g/mol. The Kier molecular flexibility index (Phi) is 3.75. The summed E-state index contributed by atoms with van der Waals surface area (Å²) in [7, 11) is 0. The third-order valence-electron chi connectivity index (χ3n) is 1.62. The highest BCUT2D eigenvalue weighted by Crippen LogP contribution is 2.26. The molecule has 0 saturated heterocycles. The van der Waals surface area contributed by atoms with E-state index in [1.807, 2.05) is 0 Å². The molecule has 0 bridgehead atoms. The Hall–Kier alpha value is -1.47. The molecule has 0 atom stereocenters. The summed E-state index contributed by atoms with van der Waals surface area (Å²) in [6.07, 6.45) is 0. The molecule has 0 radical (unpaired) electrons. The van der Waals surface area contributed by atoms with Crippen LogP contribution >= 0.6 is 15.9 Å². The number of amides is 1. The van der Waals surface area contributed by atoms with Gasteiger partial charge >= 0.3 is 0 Å². The third-order valence-corrected chi connectivity index (χ3v) is 2.31. The first-order valence-electron chi connectivity index (χ1n) is 3.98. The summed E-state index contributed by atoms with van der Waals surface area (Å²) in [5, 5.41) is 12.9. The Balaban J connectivity index is 3.00. The number of carbonyl (C=O) groups excluding carboxylic acids is 1. The molecule has 1 aromatic rings. The van der Waals surface area contributed by atoms with Gasteiger partial charge in [-0.2, -0.15) is 0 Å². The van der Waals surface area contributed by atoms with Crippen molar-refractivity contribution in [3.05, 3.63) is 32.8 Å². The minimum Gasteiger partial charge on any atom is -0.324 e. The molecule has 3 N–H and O–H groups in total. The normalized spacial score (nSPS) is 9.73. The standard InChI is InChI=1S/C8H8BrN3O3/c9-6-2-1-5(12(14)15)3-7(6)11-8(13)4-10/h1-3H,4,10H2,(H,11,13). The van der Waals surface area contributed by atoms with Crippen LogP contribution in [0.4, 0.5) is 11.4 Å². The van der Waals surface area contributed by atoms with Crippen molar-refractivity contribution in [2.45, 2.75) is 0 Å². The lowest BCUT2D eigenvalue weighted by Crippen LogP contribution is -2.22. The fraction of sp³-hybridized carbons (Fsp3) is 0.125. The quantitative estimate of drug-likeness (QED) is 0.640. The van der Waals surface area contributed by atoms with Gasteiger partial charge in [0.25, 0.3) is 5.69 Å². The van der Waals surface area contributed by atoms with E-state index in [9.17, 15) is 14.9 Å². The van der Waals surface area contributed by atoms with Crippen molar-refractivity contribution in [3.8, 4) is 0 Å². The highest BCUT2D eigenvalue weighted by Gasteiger charge is 2.10. The number of benzene rings is 1. The van der Waals surface area contributed by atoms with Gasteiger partial charge in [0.05, 0.1) is 17.2 Å². The van der Waals surface area contributed by atoms with Gasteiger partial charge < -0.3 is 11.1 Å². The van der Waals surface area contributed by atoms with Gasteiger partial charge in [0.2, 0.25) is 5.91 Å². The summed E-state index contributed by atoms with van der Waals surface area (Å²) in [6, 6.07) is 4.09. The molecule has 0 unspecified atom stereocenters. The lowest BCUT2D eigenvalue weighted by atomic mass is 10.3. The van der Waals surface area contributed by atoms with Gasteiger partial charge in [-0.25, -0.2) is 0 Å². The Morgan fingerprint density at radius 1 is 1.60 bits per heavy atom. The van der Waals surface area contributed by atoms with Crippen molar-refractivity contribution in [1.29, 1.82) is 0 Å². The van der Waals surface area contributed by atoms with E-state index in [0.717, 1.165) is 0 Å². The van der Waals surface area contributed by atoms with Crippen LogP contribution in [0.5, 0.6) is 0 Å². The van der Waals surface area contributed by atoms with E-state index >= 15 is 0 Å². The molecular formula is C8H8BrN3O3. The van der Waals surface area contributed by atoms with E-state index in [1.54, 1.807) is 0 Å². The molecule has 80 valence electrons. The predicted molar refractivity (Wildman–Crippen MR) is 58.5 cm³/mol. The summed E-state index contributed by atoms with van der Waals surface area (Å²) in [5.74, 6) is -0.406. The molecule has 1 amide bonds. The number of anilines is 1. The maximum absolute atomic E-state index is 11.0. The number of rotatable bonds is 3. The number of non-ortho nitro benzene ring substituents is 1. The van der Waals surface area contributed by atoms with E-state index < -0.39 is 10.8 Å². The van der Waals surface area contributed by atoms with Gasteiger partial charge in [-0.05, 0) is 22.0 Å². The highest BCUT2D eigenvalue weighted by molar-refractivity contribution is 9.10. The van der Waals surface area contributed by atoms with E-state index in [0.29, 0.717) is 10.2 Å². The van der Waals surface area contributed by atoms with Crippen molar-refractivity contribution in [2.75, 3.05) is 11.9 Å². The van der Waals surface area contributed by atoms with Crippen LogP contribution in [-0.2, 0) is 4.79 Å². The van der Waals surface area contributed by atoms with Crippen LogP contribution in [0.3, 0.4) is 0 Å². The first kappa shape index (κ1) is 11.6. The van der Waals surface area contributed by atoms with Gasteiger partial charge in [0, 0.05) is 16.6 Å². The molecule has 0 spiro atoms. The summed E-state index contributed by atoms with van der Waals surface area (Å²) >= 11 is 3.16. The summed E-state index contributed by atoms with van der Waals surface area (Å²) in [5.41, 5.74) is 5.35. The maximum Gasteiger partial charge on any atom is 0.271 e. The predicted octanol–water partition coefficient (Wildman–Crippen LogP) is 1.25. The van der Waals surface area contributed by atoms with Crippen LogP contribution in [0.2, 0.25) is 0 Å². The molecular weight excluding hydrogens is 266 g/mol. The number of nitro groups is 1. The molecule has 0 saturated carbocycles. The van der Waals surface area contributed by atoms with E-state index in [4.69, 9.17) is 5.73 Å². The molecule has 15 heavy (non-hydrogen) atoms. The number of halogens is 1. The second-order valence-corrected chi connectivity index (χ2v) is 3.53. The third kappa shape index (κ3) is 3.00. The smallest absolute Gasteiger partial charge is 0.271 e. The van der Waals surface area contributed by atoms with Crippen molar-refractivity contribution in [2.24, 2.45) is 5.73 Å². The molecule has 7 heteroatoms. The molecule has 1 rings (SSSR count). The Labute approximate surface area is 93.7 Å². The zero-order valence-corrected chi connectivity index (χ0v) is 9.15. The maximum atomic E-state index is 11.0. The SMILES string of the molecule is NCC(=O)Nc1cc([N+](=O)[O-])ccc1Br. The number of nitrogens with two attached hydrogens (primary N) is 1. The van der Waals surface area contributed by atoms with E-state index in [1.165, 1.54) is 18.2 Å². The minimum absolute atomic E-state index is 0.0921. The van der Waals surface area contributed by atoms with Gasteiger partial charge in [-0.1, -0.05) is 0 Å². The van der Waals surface area contributed by atoms with Crippen molar-refractivity contribution in [3.63, 3.8) is 0 Å². The molecule has 0 aromatic heterocycles. The lowest BCUT2D eigenvalue weighted by molar-refractivity contribution is -0.384. The average Bonchev–Trinajstić information content (AvgIpc) is 2.20. The number of hydrogen-bond acceptors (Lipinski definition) is 4. The van der Waals surface area contributed by atoms with Crippen LogP contribution in [0.25, 0.3) is 0 Å². The Morgan fingerprint density at radius 3 is 2.80 bits per heavy atom. The van der Waals surface area contributed by atoms with Crippen molar-refractivity contribution in [1.82, 2.24) is 0 Å². The molecule has 1 aromatic carbocycles. The number of nitrogens with zero attached hydrogens (tertiary/aromatic N) is 1. The van der Waals surface area contributed by atoms with Crippen LogP contribution in [0.15, 0.2) is 22.7 Å². The van der Waals surface area contributed by atoms with Crippen molar-refractivity contribution >= 4 is 33.2 Å². The zero-order chi connectivity index (χ0) is 11.4. The molecule has 0 aliphatic heterocycles. The largest absolute Gasteiger partial charge is 0.324 e. The van der Waals surface area contributed by atoms with Crippen molar-refractivity contribution < 1.29 is 9.72 Å². The second-order valence-electron chi connectivity index (χ2n) is 2.67. The summed E-state index contributed by atoms with van der Waals surface area (Å²) in [6.45, 7) is -0.171. The molecule has 0 fully saturated rings. The lowest BCUT2D eigenvalue weighted by Gasteiger charge is -2.05. The van der Waals surface area contributed by atoms with E-state index in [2.05, 4.69) is 21.2 Å². The highest BCUT2D eigenvalue weighted by atomic mass is 79.9. The van der Waals surface area contributed by atoms with E-state index in [-0.39, 0.29) is 12.2 Å². The Bertz CT molecular complexity index is 408. The van der Waals surface area contributed by atoms with Gasteiger partial charge in [0.15, 0.2) is 0 Å². The molecule has 0 aliphatic carbocycles. The average molecular weight is 274 g/mol. The zero-order valence-electron chi connectivity index (χ0n) is 7.57. The first-order chi connectivity index (χ1) is 7.04. The first-order valence-corrected chi connectivity index (χ1v) is 4.77. The summed E-state index contributed by atoms with van der Waals surface area (Å²) in [4.78, 5) is 20.9. The molecule has 0 aliphatic rings. The number of carbonyl (C=O) groups is 1. The van der Waals surface area contributed by atoms with Crippen LogP contribution < -0.4 is 11.1 Å². The molecule has 0 heterocycles. The number of nitro benzene ring substituents is 1. The fourth-order valence-electron chi connectivity index (χ4n) is 0.924. The van der Waals surface area contributed by atoms with Gasteiger partial charge in [0.1, 0.15) is 0 Å². The number of hydrogen-bond donors (Lipinski definition) is 2.